The molecule has 3 heterocycles. The predicted octanol–water partition coefficient (Wildman–Crippen LogP) is 1.73. The van der Waals surface area contributed by atoms with Crippen LogP contribution in [0.5, 0.6) is 0 Å². The molecule has 7 heteroatoms. The molecule has 0 fully saturated rings. The summed E-state index contributed by atoms with van der Waals surface area (Å²) in [6, 6.07) is 2.37. The molecule has 2 N–H and O–H groups in total. The molecule has 24 heavy (non-hydrogen) atoms. The summed E-state index contributed by atoms with van der Waals surface area (Å²) < 4.78 is 1.99. The molecular formula is C17H25N5OS. The lowest BCUT2D eigenvalue weighted by atomic mass is 10.1. The monoisotopic (exact) mass is 347 g/mol. The largest absolute Gasteiger partial charge is 0.355 e. The number of thiophene rings is 1. The van der Waals surface area contributed by atoms with E-state index in [0.29, 0.717) is 19.0 Å². The maximum Gasteiger partial charge on any atom is 0.233 e. The van der Waals surface area contributed by atoms with Crippen molar-refractivity contribution in [2.75, 3.05) is 13.1 Å². The SMILES string of the molecule is CC(C)c1nc2n(n1)C[C@H](NCC(=O)NCCc1ccsc1)CC2. The number of hydrogen-bond donors (Lipinski definition) is 2. The number of rotatable bonds is 7. The molecular weight excluding hydrogens is 322 g/mol. The van der Waals surface area contributed by atoms with Crippen molar-refractivity contribution in [2.24, 2.45) is 0 Å². The third-order valence-corrected chi connectivity index (χ3v) is 4.99. The Morgan fingerprint density at radius 3 is 3.12 bits per heavy atom. The standard InChI is InChI=1S/C17H25N5OS/c1-12(2)17-20-15-4-3-14(10-22(15)21-17)19-9-16(23)18-7-5-13-6-8-24-11-13/h6,8,11-12,14,19H,3-5,7,9-10H2,1-2H3,(H,18,23)/t14-/m1/s1. The van der Waals surface area contributed by atoms with Crippen molar-refractivity contribution < 1.29 is 4.79 Å². The average molecular weight is 347 g/mol. The molecule has 1 amide bonds. The highest BCUT2D eigenvalue weighted by atomic mass is 32.1. The molecule has 2 aromatic rings. The number of nitrogens with zero attached hydrogens (tertiary/aromatic N) is 3. The van der Waals surface area contributed by atoms with E-state index in [1.807, 2.05) is 4.68 Å². The zero-order chi connectivity index (χ0) is 16.9. The van der Waals surface area contributed by atoms with Crippen LogP contribution in [0.25, 0.3) is 0 Å². The normalized spacial score (nSPS) is 17.0. The van der Waals surface area contributed by atoms with Crippen LogP contribution in [-0.2, 0) is 24.2 Å². The Balaban J connectivity index is 1.39. The molecule has 0 radical (unpaired) electrons. The molecule has 0 aliphatic carbocycles. The van der Waals surface area contributed by atoms with Crippen LogP contribution in [0.3, 0.4) is 0 Å². The van der Waals surface area contributed by atoms with E-state index in [4.69, 9.17) is 0 Å². The Labute approximate surface area is 146 Å². The molecule has 3 rings (SSSR count). The number of fused-ring (bicyclic) bond motifs is 1. The van der Waals surface area contributed by atoms with Crippen molar-refractivity contribution in [1.29, 1.82) is 0 Å². The minimum atomic E-state index is 0.0532. The zero-order valence-electron chi connectivity index (χ0n) is 14.3. The summed E-state index contributed by atoms with van der Waals surface area (Å²) in [5, 5.41) is 15.1. The Morgan fingerprint density at radius 1 is 1.50 bits per heavy atom. The quantitative estimate of drug-likeness (QED) is 0.800. The molecule has 0 aromatic carbocycles. The highest BCUT2D eigenvalue weighted by Gasteiger charge is 2.22. The lowest BCUT2D eigenvalue weighted by Crippen LogP contribution is -2.43. The zero-order valence-corrected chi connectivity index (χ0v) is 15.1. The van der Waals surface area contributed by atoms with Crippen LogP contribution >= 0.6 is 11.3 Å². The van der Waals surface area contributed by atoms with Crippen LogP contribution in [-0.4, -0.2) is 39.8 Å². The Hall–Kier alpha value is -1.73. The van der Waals surface area contributed by atoms with E-state index in [0.717, 1.165) is 37.5 Å². The van der Waals surface area contributed by atoms with E-state index in [-0.39, 0.29) is 11.9 Å². The summed E-state index contributed by atoms with van der Waals surface area (Å²) in [5.41, 5.74) is 1.28. The number of amides is 1. The average Bonchev–Trinajstić information content (AvgIpc) is 3.21. The summed E-state index contributed by atoms with van der Waals surface area (Å²) in [7, 11) is 0. The van der Waals surface area contributed by atoms with Crippen LogP contribution in [0.4, 0.5) is 0 Å². The van der Waals surface area contributed by atoms with Crippen molar-refractivity contribution in [1.82, 2.24) is 25.4 Å². The minimum Gasteiger partial charge on any atom is -0.355 e. The maximum atomic E-state index is 11.9. The molecule has 0 spiro atoms. The Kier molecular flexibility index (Phi) is 5.63. The fourth-order valence-electron chi connectivity index (χ4n) is 2.82. The van der Waals surface area contributed by atoms with Crippen LogP contribution < -0.4 is 10.6 Å². The molecule has 0 saturated heterocycles. The first-order valence-corrected chi connectivity index (χ1v) is 9.51. The molecule has 6 nitrogen and oxygen atoms in total. The van der Waals surface area contributed by atoms with Gasteiger partial charge in [-0.3, -0.25) is 4.79 Å². The van der Waals surface area contributed by atoms with Gasteiger partial charge in [0.1, 0.15) is 5.82 Å². The fourth-order valence-corrected chi connectivity index (χ4v) is 3.52. The van der Waals surface area contributed by atoms with Gasteiger partial charge in [-0.15, -0.1) is 0 Å². The first kappa shape index (κ1) is 17.1. The lowest BCUT2D eigenvalue weighted by Gasteiger charge is -2.23. The van der Waals surface area contributed by atoms with Gasteiger partial charge in [-0.05, 0) is 35.2 Å². The minimum absolute atomic E-state index is 0.0532. The highest BCUT2D eigenvalue weighted by molar-refractivity contribution is 7.07. The lowest BCUT2D eigenvalue weighted by molar-refractivity contribution is -0.120. The van der Waals surface area contributed by atoms with E-state index >= 15 is 0 Å². The fraction of sp³-hybridized carbons (Fsp3) is 0.588. The molecule has 2 aromatic heterocycles. The summed E-state index contributed by atoms with van der Waals surface area (Å²) in [6.45, 7) is 6.05. The maximum absolute atomic E-state index is 11.9. The molecule has 1 atom stereocenters. The Morgan fingerprint density at radius 2 is 2.38 bits per heavy atom. The number of aromatic nitrogens is 3. The van der Waals surface area contributed by atoms with Gasteiger partial charge in [0.2, 0.25) is 5.91 Å². The van der Waals surface area contributed by atoms with Gasteiger partial charge in [-0.25, -0.2) is 9.67 Å². The summed E-state index contributed by atoms with van der Waals surface area (Å²) in [4.78, 5) is 16.5. The smallest absolute Gasteiger partial charge is 0.233 e. The number of carbonyl (C=O) groups is 1. The summed E-state index contributed by atoms with van der Waals surface area (Å²) in [5.74, 6) is 2.38. The second-order valence-corrected chi connectivity index (χ2v) is 7.35. The summed E-state index contributed by atoms with van der Waals surface area (Å²) in [6.07, 6.45) is 2.80. The second-order valence-electron chi connectivity index (χ2n) is 6.57. The van der Waals surface area contributed by atoms with Gasteiger partial charge in [0, 0.05) is 24.9 Å². The number of hydrogen-bond acceptors (Lipinski definition) is 5. The van der Waals surface area contributed by atoms with Crippen LogP contribution in [0, 0.1) is 0 Å². The van der Waals surface area contributed by atoms with E-state index in [1.54, 1.807) is 11.3 Å². The van der Waals surface area contributed by atoms with Gasteiger partial charge >= 0.3 is 0 Å². The van der Waals surface area contributed by atoms with Gasteiger partial charge in [-0.1, -0.05) is 13.8 Å². The van der Waals surface area contributed by atoms with Gasteiger partial charge in [0.05, 0.1) is 13.1 Å². The van der Waals surface area contributed by atoms with Gasteiger partial charge in [0.25, 0.3) is 0 Å². The van der Waals surface area contributed by atoms with Crippen LogP contribution in [0.15, 0.2) is 16.8 Å². The molecule has 0 bridgehead atoms. The van der Waals surface area contributed by atoms with Crippen LogP contribution in [0.2, 0.25) is 0 Å². The van der Waals surface area contributed by atoms with Gasteiger partial charge in [0.15, 0.2) is 5.82 Å². The topological polar surface area (TPSA) is 71.8 Å². The molecule has 1 aliphatic heterocycles. The van der Waals surface area contributed by atoms with E-state index in [2.05, 4.69) is 51.4 Å². The molecule has 0 saturated carbocycles. The van der Waals surface area contributed by atoms with Gasteiger partial charge in [-0.2, -0.15) is 16.4 Å². The van der Waals surface area contributed by atoms with Crippen LogP contribution in [0.1, 0.15) is 43.4 Å². The number of nitrogens with one attached hydrogen (secondary N) is 2. The molecule has 130 valence electrons. The first-order chi connectivity index (χ1) is 11.6. The predicted molar refractivity (Wildman–Crippen MR) is 95.3 cm³/mol. The third kappa shape index (κ3) is 4.42. The van der Waals surface area contributed by atoms with E-state index in [1.165, 1.54) is 5.56 Å². The number of carbonyl (C=O) groups excluding carboxylic acids is 1. The third-order valence-electron chi connectivity index (χ3n) is 4.26. The van der Waals surface area contributed by atoms with E-state index < -0.39 is 0 Å². The number of aryl methyl sites for hydroxylation is 1. The van der Waals surface area contributed by atoms with Crippen molar-refractivity contribution in [3.8, 4) is 0 Å². The summed E-state index contributed by atoms with van der Waals surface area (Å²) >= 11 is 1.69. The van der Waals surface area contributed by atoms with E-state index in [9.17, 15) is 4.79 Å². The van der Waals surface area contributed by atoms with Gasteiger partial charge < -0.3 is 10.6 Å². The van der Waals surface area contributed by atoms with Crippen molar-refractivity contribution in [2.45, 2.75) is 51.6 Å². The van der Waals surface area contributed by atoms with Crippen molar-refractivity contribution >= 4 is 17.2 Å². The highest BCUT2D eigenvalue weighted by Crippen LogP contribution is 2.16. The van der Waals surface area contributed by atoms with Crippen molar-refractivity contribution in [3.05, 3.63) is 34.0 Å². The van der Waals surface area contributed by atoms with Crippen molar-refractivity contribution in [3.63, 3.8) is 0 Å². The molecule has 0 unspecified atom stereocenters. The molecule has 1 aliphatic rings. The first-order valence-electron chi connectivity index (χ1n) is 8.56. The second kappa shape index (κ2) is 7.90. The Bertz CT molecular complexity index is 665.